The van der Waals surface area contributed by atoms with Gasteiger partial charge in [-0.3, -0.25) is 14.2 Å². The van der Waals surface area contributed by atoms with Crippen molar-refractivity contribution in [3.63, 3.8) is 0 Å². The summed E-state index contributed by atoms with van der Waals surface area (Å²) in [4.78, 5) is 38.3. The predicted octanol–water partition coefficient (Wildman–Crippen LogP) is 30.8. The van der Waals surface area contributed by atoms with Crippen LogP contribution >= 0.6 is 7.82 Å². The van der Waals surface area contributed by atoms with Crippen LogP contribution in [0.25, 0.3) is 0 Å². The highest BCUT2D eigenvalue weighted by Crippen LogP contribution is 2.38. The maximum atomic E-state index is 12.9. The molecule has 0 aromatic carbocycles. The fourth-order valence-electron chi connectivity index (χ4n) is 14.4. The molecule has 0 aromatic rings. The van der Waals surface area contributed by atoms with Crippen molar-refractivity contribution in [1.29, 1.82) is 0 Å². The van der Waals surface area contributed by atoms with E-state index in [0.717, 1.165) is 57.8 Å². The molecule has 0 rings (SSSR count). The topological polar surface area (TPSA) is 111 Å². The van der Waals surface area contributed by atoms with Gasteiger partial charge in [0.05, 0.1) is 27.7 Å². The zero-order valence-corrected chi connectivity index (χ0v) is 71.4. The van der Waals surface area contributed by atoms with Crippen LogP contribution in [0.15, 0.2) is 48.6 Å². The molecule has 0 aliphatic heterocycles. The number of phosphoric ester groups is 1. The molecule has 614 valence electrons. The van der Waals surface area contributed by atoms with Crippen molar-refractivity contribution in [1.82, 2.24) is 0 Å². The van der Waals surface area contributed by atoms with E-state index in [-0.39, 0.29) is 32.0 Å². The summed E-state index contributed by atoms with van der Waals surface area (Å²) in [6.07, 6.45) is 115. The first kappa shape index (κ1) is 102. The number of quaternary nitrogens is 1. The van der Waals surface area contributed by atoms with Gasteiger partial charge in [0.1, 0.15) is 19.8 Å². The van der Waals surface area contributed by atoms with E-state index < -0.39 is 26.5 Å². The number of unbranched alkanes of at least 4 members (excludes halogenated alkanes) is 66. The first-order valence-electron chi connectivity index (χ1n) is 46.3. The zero-order chi connectivity index (χ0) is 75.4. The largest absolute Gasteiger partial charge is 0.756 e. The van der Waals surface area contributed by atoms with Gasteiger partial charge in [-0.1, -0.05) is 473 Å². The molecule has 10 heteroatoms. The second-order valence-electron chi connectivity index (χ2n) is 33.0. The van der Waals surface area contributed by atoms with Gasteiger partial charge in [0.15, 0.2) is 6.10 Å². The highest BCUT2D eigenvalue weighted by Gasteiger charge is 2.22. The van der Waals surface area contributed by atoms with E-state index in [0.29, 0.717) is 17.4 Å². The van der Waals surface area contributed by atoms with Crippen LogP contribution < -0.4 is 4.89 Å². The summed E-state index contributed by atoms with van der Waals surface area (Å²) < 4.78 is 34.5. The molecule has 104 heavy (non-hydrogen) atoms. The summed E-state index contributed by atoms with van der Waals surface area (Å²) >= 11 is 0. The van der Waals surface area contributed by atoms with Gasteiger partial charge in [0.2, 0.25) is 0 Å². The molecule has 0 fully saturated rings. The second-order valence-corrected chi connectivity index (χ2v) is 34.4. The Bertz CT molecular complexity index is 1890. The molecule has 0 aliphatic rings. The molecule has 0 saturated carbocycles. The molecule has 2 atom stereocenters. The number of hydrogen-bond donors (Lipinski definition) is 0. The van der Waals surface area contributed by atoms with Gasteiger partial charge >= 0.3 is 11.9 Å². The fourth-order valence-corrected chi connectivity index (χ4v) is 15.1. The normalized spacial score (nSPS) is 13.1. The number of allylic oxidation sites excluding steroid dienone is 8. The zero-order valence-electron chi connectivity index (χ0n) is 70.5. The van der Waals surface area contributed by atoms with Gasteiger partial charge in [-0.25, -0.2) is 0 Å². The SMILES string of the molecule is CC/C=C\C/C=C\C/C=C\C/C=C\CCCCCCCCCCCCCCCCCCCCCCCCCCCCC(=O)OC(COC(=O)CCCCCCCCCCCCCCCCCCCCCCCCCCCCCCCCCCCCCCCCCCC)COP(=O)([O-])OCC[N+](C)(C)C. The van der Waals surface area contributed by atoms with Crippen LogP contribution in [0.5, 0.6) is 0 Å². The smallest absolute Gasteiger partial charge is 0.306 e. The van der Waals surface area contributed by atoms with Crippen LogP contribution in [0.2, 0.25) is 0 Å². The van der Waals surface area contributed by atoms with Crippen molar-refractivity contribution in [3.8, 4) is 0 Å². The third kappa shape index (κ3) is 88.9. The van der Waals surface area contributed by atoms with Gasteiger partial charge in [-0.2, -0.15) is 0 Å². The van der Waals surface area contributed by atoms with E-state index in [1.807, 2.05) is 21.1 Å². The van der Waals surface area contributed by atoms with Gasteiger partial charge in [-0.05, 0) is 51.4 Å². The highest BCUT2D eigenvalue weighted by molar-refractivity contribution is 7.45. The monoisotopic (exact) mass is 1480 g/mol. The number of hydrogen-bond acceptors (Lipinski definition) is 8. The van der Waals surface area contributed by atoms with Gasteiger partial charge in [0.25, 0.3) is 7.82 Å². The Morgan fingerprint density at radius 1 is 0.308 bits per heavy atom. The molecule has 0 aromatic heterocycles. The van der Waals surface area contributed by atoms with Gasteiger partial charge < -0.3 is 27.9 Å². The third-order valence-electron chi connectivity index (χ3n) is 21.4. The molecule has 0 aliphatic carbocycles. The summed E-state index contributed by atoms with van der Waals surface area (Å²) in [5.41, 5.74) is 0. The molecule has 2 unspecified atom stereocenters. The molecule has 0 heterocycles. The predicted molar refractivity (Wildman–Crippen MR) is 453 cm³/mol. The minimum Gasteiger partial charge on any atom is -0.756 e. The van der Waals surface area contributed by atoms with Crippen LogP contribution in [-0.4, -0.2) is 70.0 Å². The number of rotatable bonds is 88. The molecular formula is C94H180NO8P. The van der Waals surface area contributed by atoms with Crippen molar-refractivity contribution in [2.75, 3.05) is 47.5 Å². The van der Waals surface area contributed by atoms with E-state index in [1.165, 1.54) is 398 Å². The van der Waals surface area contributed by atoms with E-state index >= 15 is 0 Å². The number of esters is 2. The Morgan fingerprint density at radius 3 is 0.817 bits per heavy atom. The number of carbonyl (C=O) groups is 2. The molecule has 0 N–H and O–H groups in total. The molecule has 9 nitrogen and oxygen atoms in total. The van der Waals surface area contributed by atoms with Gasteiger partial charge in [-0.15, -0.1) is 0 Å². The van der Waals surface area contributed by atoms with Crippen molar-refractivity contribution in [2.45, 2.75) is 495 Å². The Morgan fingerprint density at radius 2 is 0.548 bits per heavy atom. The molecule has 0 bridgehead atoms. The lowest BCUT2D eigenvalue weighted by atomic mass is 10.0. The molecule has 0 spiro atoms. The number of carbonyl (C=O) groups excluding carboxylic acids is 2. The van der Waals surface area contributed by atoms with Crippen molar-refractivity contribution in [3.05, 3.63) is 48.6 Å². The summed E-state index contributed by atoms with van der Waals surface area (Å²) in [6.45, 7) is 4.22. The average molecular weight is 1480 g/mol. The van der Waals surface area contributed by atoms with Crippen LogP contribution in [-0.2, 0) is 32.7 Å². The molecule has 0 amide bonds. The fraction of sp³-hybridized carbons (Fsp3) is 0.894. The van der Waals surface area contributed by atoms with Crippen molar-refractivity contribution >= 4 is 19.8 Å². The quantitative estimate of drug-likeness (QED) is 0.0195. The number of ether oxygens (including phenoxy) is 2. The van der Waals surface area contributed by atoms with Crippen molar-refractivity contribution in [2.24, 2.45) is 0 Å². The lowest BCUT2D eigenvalue weighted by Gasteiger charge is -2.28. The van der Waals surface area contributed by atoms with E-state index in [2.05, 4.69) is 62.5 Å². The Balaban J connectivity index is 3.81. The van der Waals surface area contributed by atoms with Crippen LogP contribution in [0.4, 0.5) is 0 Å². The standard InChI is InChI=1S/C94H180NO8P/c1-6-8-10-12-14-16-18-20-22-24-26-28-30-32-34-36-38-40-42-44-46-47-49-50-52-54-56-58-60-62-64-66-68-70-72-74-76-78-80-82-84-86-93(96)100-90-92(91-102-104(98,99)101-89-88-95(3,4)5)103-94(97)87-85-83-81-79-77-75-73-71-69-67-65-63-61-59-57-55-53-51-48-45-43-41-39-37-35-33-31-29-27-25-23-21-19-17-15-13-11-9-7-2/h9,11,15,17,21,23,27,29,92H,6-8,10,12-14,16,18-20,22,24-26,28,30-91H2,1-5H3/b11-9-,17-15-,23-21-,29-27-. The first-order valence-corrected chi connectivity index (χ1v) is 47.8. The average Bonchev–Trinajstić information content (AvgIpc) is 0.915. The maximum absolute atomic E-state index is 12.9. The summed E-state index contributed by atoms with van der Waals surface area (Å²) in [5.74, 6) is -0.803. The minimum atomic E-state index is -4.65. The highest BCUT2D eigenvalue weighted by atomic mass is 31.2. The summed E-state index contributed by atoms with van der Waals surface area (Å²) in [7, 11) is 1.20. The third-order valence-corrected chi connectivity index (χ3v) is 22.3. The Hall–Kier alpha value is -2.03. The number of phosphoric acid groups is 1. The number of likely N-dealkylation sites (N-methyl/N-ethyl adjacent to an activating group) is 1. The minimum absolute atomic E-state index is 0.0268. The van der Waals surface area contributed by atoms with Crippen LogP contribution in [0.1, 0.15) is 489 Å². The van der Waals surface area contributed by atoms with Gasteiger partial charge in [0, 0.05) is 12.8 Å². The molecule has 0 radical (unpaired) electrons. The van der Waals surface area contributed by atoms with Crippen molar-refractivity contribution < 1.29 is 42.1 Å². The Labute approximate surface area is 649 Å². The summed E-state index contributed by atoms with van der Waals surface area (Å²) in [6, 6.07) is 0. The van der Waals surface area contributed by atoms with Crippen LogP contribution in [0.3, 0.4) is 0 Å². The van der Waals surface area contributed by atoms with E-state index in [9.17, 15) is 19.0 Å². The molecule has 0 saturated heterocycles. The second kappa shape index (κ2) is 85.0. The lowest BCUT2D eigenvalue weighted by molar-refractivity contribution is -0.870. The van der Waals surface area contributed by atoms with E-state index in [1.54, 1.807) is 0 Å². The van der Waals surface area contributed by atoms with Crippen LogP contribution in [0, 0.1) is 0 Å². The molecular weight excluding hydrogens is 1300 g/mol. The lowest BCUT2D eigenvalue weighted by Crippen LogP contribution is -2.37. The first-order chi connectivity index (χ1) is 51.0. The Kier molecular flexibility index (Phi) is 83.3. The maximum Gasteiger partial charge on any atom is 0.306 e. The number of nitrogens with zero attached hydrogens (tertiary/aromatic N) is 1. The summed E-state index contributed by atoms with van der Waals surface area (Å²) in [5, 5.41) is 0. The van der Waals surface area contributed by atoms with E-state index in [4.69, 9.17) is 18.5 Å².